The molecule has 0 fully saturated rings. The highest BCUT2D eigenvalue weighted by atomic mass is 35.5. The number of fused-ring (bicyclic) bond motifs is 1. The van der Waals surface area contributed by atoms with E-state index in [2.05, 4.69) is 11.9 Å². The van der Waals surface area contributed by atoms with Gasteiger partial charge in [-0.2, -0.15) is 0 Å². The summed E-state index contributed by atoms with van der Waals surface area (Å²) in [6.07, 6.45) is 2.66. The lowest BCUT2D eigenvalue weighted by Gasteiger charge is -2.19. The lowest BCUT2D eigenvalue weighted by Crippen LogP contribution is -2.28. The average molecular weight is 283 g/mol. The first-order chi connectivity index (χ1) is 9.26. The van der Waals surface area contributed by atoms with Gasteiger partial charge in [0.25, 0.3) is 0 Å². The summed E-state index contributed by atoms with van der Waals surface area (Å²) < 4.78 is 11.3. The maximum absolute atomic E-state index is 6.26. The van der Waals surface area contributed by atoms with Gasteiger partial charge in [-0.15, -0.1) is 6.58 Å². The molecule has 0 amide bonds. The molecule has 0 saturated carbocycles. The minimum absolute atomic E-state index is 0.0210. The summed E-state index contributed by atoms with van der Waals surface area (Å²) in [5.74, 6) is 1.32. The monoisotopic (exact) mass is 282 g/mol. The second kappa shape index (κ2) is 6.80. The molecule has 1 unspecified atom stereocenters. The molecule has 19 heavy (non-hydrogen) atoms. The molecule has 0 aromatic heterocycles. The Morgan fingerprint density at radius 2 is 2.21 bits per heavy atom. The Bertz CT molecular complexity index is 451. The molecule has 0 bridgehead atoms. The molecule has 5 heteroatoms. The Balaban J connectivity index is 2.28. The average Bonchev–Trinajstić information content (AvgIpc) is 2.65. The molecule has 104 valence electrons. The van der Waals surface area contributed by atoms with Gasteiger partial charge in [0.05, 0.1) is 18.2 Å². The number of rotatable bonds is 5. The van der Waals surface area contributed by atoms with E-state index in [0.29, 0.717) is 42.8 Å². The topological polar surface area (TPSA) is 56.5 Å². The molecule has 1 aliphatic rings. The summed E-state index contributed by atoms with van der Waals surface area (Å²) in [5, 5.41) is 3.85. The Kier molecular flexibility index (Phi) is 5.07. The van der Waals surface area contributed by atoms with E-state index in [1.165, 1.54) is 0 Å². The van der Waals surface area contributed by atoms with Crippen molar-refractivity contribution >= 4 is 11.6 Å². The molecule has 0 radical (unpaired) electrons. The smallest absolute Gasteiger partial charge is 0.179 e. The molecular formula is C14H19ClN2O2. The molecular weight excluding hydrogens is 264 g/mol. The van der Waals surface area contributed by atoms with Crippen molar-refractivity contribution in [2.75, 3.05) is 26.3 Å². The van der Waals surface area contributed by atoms with Crippen molar-refractivity contribution in [3.8, 4) is 11.5 Å². The number of hydrogen-bond donors (Lipinski definition) is 2. The summed E-state index contributed by atoms with van der Waals surface area (Å²) >= 11 is 6.26. The largest absolute Gasteiger partial charge is 0.489 e. The SMILES string of the molecule is C=CCNC(CN)c1cc(Cl)c2c(c1)OCCCO2. The van der Waals surface area contributed by atoms with E-state index in [4.69, 9.17) is 26.8 Å². The molecule has 0 spiro atoms. The van der Waals surface area contributed by atoms with Crippen LogP contribution >= 0.6 is 11.6 Å². The van der Waals surface area contributed by atoms with Crippen LogP contribution in [0.1, 0.15) is 18.0 Å². The number of hydrogen-bond acceptors (Lipinski definition) is 4. The van der Waals surface area contributed by atoms with Gasteiger partial charge in [-0.3, -0.25) is 0 Å². The van der Waals surface area contributed by atoms with Crippen LogP contribution in [0.5, 0.6) is 11.5 Å². The fourth-order valence-electron chi connectivity index (χ4n) is 2.01. The van der Waals surface area contributed by atoms with Crippen molar-refractivity contribution in [1.82, 2.24) is 5.32 Å². The van der Waals surface area contributed by atoms with Crippen LogP contribution in [-0.2, 0) is 0 Å². The Morgan fingerprint density at radius 3 is 2.95 bits per heavy atom. The predicted octanol–water partition coefficient (Wildman–Crippen LogP) is 2.28. The maximum atomic E-state index is 6.26. The predicted molar refractivity (Wildman–Crippen MR) is 77.1 cm³/mol. The normalized spacial score (nSPS) is 15.7. The zero-order valence-electron chi connectivity index (χ0n) is 10.8. The van der Waals surface area contributed by atoms with Crippen LogP contribution in [0.4, 0.5) is 0 Å². The van der Waals surface area contributed by atoms with Gasteiger partial charge >= 0.3 is 0 Å². The Labute approximate surface area is 118 Å². The molecule has 1 atom stereocenters. The zero-order valence-corrected chi connectivity index (χ0v) is 11.6. The lowest BCUT2D eigenvalue weighted by atomic mass is 10.1. The van der Waals surface area contributed by atoms with Crippen LogP contribution < -0.4 is 20.5 Å². The molecule has 0 aliphatic carbocycles. The molecule has 1 heterocycles. The third-order valence-corrected chi connectivity index (χ3v) is 3.25. The van der Waals surface area contributed by atoms with Crippen molar-refractivity contribution < 1.29 is 9.47 Å². The van der Waals surface area contributed by atoms with Gasteiger partial charge in [0.2, 0.25) is 0 Å². The Morgan fingerprint density at radius 1 is 1.42 bits per heavy atom. The van der Waals surface area contributed by atoms with Crippen molar-refractivity contribution in [3.63, 3.8) is 0 Å². The quantitative estimate of drug-likeness (QED) is 0.814. The molecule has 1 aromatic carbocycles. The van der Waals surface area contributed by atoms with Gasteiger partial charge in [0.1, 0.15) is 0 Å². The van der Waals surface area contributed by atoms with Crippen LogP contribution in [0.15, 0.2) is 24.8 Å². The van der Waals surface area contributed by atoms with Gasteiger partial charge in [0, 0.05) is 25.6 Å². The number of ether oxygens (including phenoxy) is 2. The summed E-state index contributed by atoms with van der Waals surface area (Å²) in [6, 6.07) is 3.84. The van der Waals surface area contributed by atoms with E-state index >= 15 is 0 Å². The fraction of sp³-hybridized carbons (Fsp3) is 0.429. The van der Waals surface area contributed by atoms with E-state index < -0.39 is 0 Å². The second-order valence-corrected chi connectivity index (χ2v) is 4.77. The zero-order chi connectivity index (χ0) is 13.7. The van der Waals surface area contributed by atoms with Crippen LogP contribution in [0.3, 0.4) is 0 Å². The summed E-state index contributed by atoms with van der Waals surface area (Å²) in [7, 11) is 0. The molecule has 1 aromatic rings. The summed E-state index contributed by atoms with van der Waals surface area (Å²) in [5.41, 5.74) is 6.79. The minimum atomic E-state index is 0.0210. The number of nitrogens with one attached hydrogen (secondary N) is 1. The molecule has 3 N–H and O–H groups in total. The number of benzene rings is 1. The highest BCUT2D eigenvalue weighted by Crippen LogP contribution is 2.39. The first-order valence-corrected chi connectivity index (χ1v) is 6.77. The van der Waals surface area contributed by atoms with Crippen LogP contribution in [-0.4, -0.2) is 26.3 Å². The molecule has 0 saturated heterocycles. The van der Waals surface area contributed by atoms with E-state index in [1.807, 2.05) is 12.1 Å². The van der Waals surface area contributed by atoms with Crippen LogP contribution in [0, 0.1) is 0 Å². The van der Waals surface area contributed by atoms with Crippen LogP contribution in [0.2, 0.25) is 5.02 Å². The molecule has 2 rings (SSSR count). The van der Waals surface area contributed by atoms with Gasteiger partial charge in [0.15, 0.2) is 11.5 Å². The maximum Gasteiger partial charge on any atom is 0.179 e. The van der Waals surface area contributed by atoms with Crippen molar-refractivity contribution in [2.24, 2.45) is 5.73 Å². The van der Waals surface area contributed by atoms with Gasteiger partial charge in [-0.05, 0) is 17.7 Å². The summed E-state index contributed by atoms with van der Waals surface area (Å²) in [4.78, 5) is 0. The van der Waals surface area contributed by atoms with E-state index in [-0.39, 0.29) is 6.04 Å². The Hall–Kier alpha value is -1.23. The summed E-state index contributed by atoms with van der Waals surface area (Å²) in [6.45, 7) is 6.12. The van der Waals surface area contributed by atoms with Gasteiger partial charge < -0.3 is 20.5 Å². The fourth-order valence-corrected chi connectivity index (χ4v) is 2.29. The number of nitrogens with two attached hydrogens (primary N) is 1. The highest BCUT2D eigenvalue weighted by molar-refractivity contribution is 6.32. The standard InChI is InChI=1S/C14H19ClN2O2/c1-2-4-17-12(9-16)10-7-11(15)14-13(8-10)18-5-3-6-19-14/h2,7-8,12,17H,1,3-6,9,16H2. The minimum Gasteiger partial charge on any atom is -0.489 e. The van der Waals surface area contributed by atoms with Crippen molar-refractivity contribution in [3.05, 3.63) is 35.4 Å². The number of halogens is 1. The highest BCUT2D eigenvalue weighted by Gasteiger charge is 2.18. The first-order valence-electron chi connectivity index (χ1n) is 6.39. The van der Waals surface area contributed by atoms with E-state index in [9.17, 15) is 0 Å². The lowest BCUT2D eigenvalue weighted by molar-refractivity contribution is 0.297. The third kappa shape index (κ3) is 3.41. The molecule has 1 aliphatic heterocycles. The van der Waals surface area contributed by atoms with Gasteiger partial charge in [-0.1, -0.05) is 17.7 Å². The van der Waals surface area contributed by atoms with Crippen molar-refractivity contribution in [2.45, 2.75) is 12.5 Å². The van der Waals surface area contributed by atoms with Crippen molar-refractivity contribution in [1.29, 1.82) is 0 Å². The third-order valence-electron chi connectivity index (χ3n) is 2.97. The molecule has 4 nitrogen and oxygen atoms in total. The second-order valence-electron chi connectivity index (χ2n) is 4.37. The van der Waals surface area contributed by atoms with E-state index in [1.54, 1.807) is 6.08 Å². The van der Waals surface area contributed by atoms with E-state index in [0.717, 1.165) is 12.0 Å². The van der Waals surface area contributed by atoms with Gasteiger partial charge in [-0.25, -0.2) is 0 Å². The van der Waals surface area contributed by atoms with Crippen LogP contribution in [0.25, 0.3) is 0 Å². The first kappa shape index (κ1) is 14.2.